The van der Waals surface area contributed by atoms with Gasteiger partial charge in [0.05, 0.1) is 6.61 Å². The molecule has 1 heterocycles. The van der Waals surface area contributed by atoms with E-state index in [1.54, 1.807) is 17.0 Å². The van der Waals surface area contributed by atoms with E-state index in [1.807, 2.05) is 24.3 Å². The zero-order valence-electron chi connectivity index (χ0n) is 18.3. The van der Waals surface area contributed by atoms with E-state index in [1.165, 1.54) is 12.1 Å². The second-order valence-electron chi connectivity index (χ2n) is 8.70. The Balaban J connectivity index is 1.70. The number of hydrogen-bond donors (Lipinski definition) is 1. The van der Waals surface area contributed by atoms with Crippen molar-refractivity contribution < 1.29 is 18.3 Å². The van der Waals surface area contributed by atoms with Gasteiger partial charge in [-0.15, -0.1) is 0 Å². The zero-order valence-corrected chi connectivity index (χ0v) is 18.3. The maximum atomic E-state index is 14.3. The van der Waals surface area contributed by atoms with Crippen LogP contribution in [0.15, 0.2) is 48.5 Å². The monoisotopic (exact) mass is 430 g/mol. The molecule has 0 aliphatic carbocycles. The molecule has 3 rings (SSSR count). The molecule has 168 valence electrons. The number of amides is 1. The lowest BCUT2D eigenvalue weighted by Crippen LogP contribution is -2.41. The van der Waals surface area contributed by atoms with Gasteiger partial charge >= 0.3 is 0 Å². The van der Waals surface area contributed by atoms with Gasteiger partial charge < -0.3 is 15.0 Å². The van der Waals surface area contributed by atoms with Crippen molar-refractivity contribution in [3.8, 4) is 5.75 Å². The van der Waals surface area contributed by atoms with Crippen LogP contribution < -0.4 is 10.1 Å². The van der Waals surface area contributed by atoms with Crippen molar-refractivity contribution in [3.05, 3.63) is 65.5 Å². The van der Waals surface area contributed by atoms with E-state index in [9.17, 15) is 13.6 Å². The van der Waals surface area contributed by atoms with Crippen molar-refractivity contribution in [1.82, 2.24) is 10.2 Å². The molecular formula is C25H32F2N2O2. The molecule has 0 saturated carbocycles. The number of hydrogen-bond acceptors (Lipinski definition) is 3. The Morgan fingerprint density at radius 2 is 1.71 bits per heavy atom. The van der Waals surface area contributed by atoms with Crippen LogP contribution in [0.2, 0.25) is 0 Å². The van der Waals surface area contributed by atoms with Crippen LogP contribution in [0.25, 0.3) is 0 Å². The normalized spacial score (nSPS) is 18.7. The molecule has 31 heavy (non-hydrogen) atoms. The topological polar surface area (TPSA) is 41.6 Å². The van der Waals surface area contributed by atoms with Gasteiger partial charge in [0.1, 0.15) is 17.7 Å². The van der Waals surface area contributed by atoms with E-state index < -0.39 is 6.17 Å². The molecule has 1 N–H and O–H groups in total. The number of carbonyl (C=O) groups is 1. The smallest absolute Gasteiger partial charge is 0.223 e. The first kappa shape index (κ1) is 23.2. The lowest BCUT2D eigenvalue weighted by atomic mass is 9.92. The minimum atomic E-state index is -1.01. The average molecular weight is 431 g/mol. The number of nitrogens with zero attached hydrogens (tertiary/aromatic N) is 1. The summed E-state index contributed by atoms with van der Waals surface area (Å²) in [6, 6.07) is 13.9. The summed E-state index contributed by atoms with van der Waals surface area (Å²) in [5.74, 6) is 0.575. The Morgan fingerprint density at radius 1 is 1.10 bits per heavy atom. The molecule has 1 aliphatic heterocycles. The summed E-state index contributed by atoms with van der Waals surface area (Å²) in [6.07, 6.45) is -0.179. The SMILES string of the molecule is CC(C)COc1ccc(CN(Cc2ccc(F)cc2)C(=O)C[C@@H]2CCNC[C@@H]2F)cc1. The molecule has 2 aromatic carbocycles. The second kappa shape index (κ2) is 11.2. The van der Waals surface area contributed by atoms with Crippen molar-refractivity contribution in [2.45, 2.75) is 46.0 Å². The summed E-state index contributed by atoms with van der Waals surface area (Å²) >= 11 is 0. The van der Waals surface area contributed by atoms with Gasteiger partial charge in [-0.25, -0.2) is 8.78 Å². The van der Waals surface area contributed by atoms with Gasteiger partial charge in [0.25, 0.3) is 0 Å². The third kappa shape index (κ3) is 7.31. The Bertz CT molecular complexity index is 824. The molecule has 0 aromatic heterocycles. The van der Waals surface area contributed by atoms with Gasteiger partial charge in [0.2, 0.25) is 5.91 Å². The first-order valence-corrected chi connectivity index (χ1v) is 11.0. The largest absolute Gasteiger partial charge is 0.493 e. The third-order valence-corrected chi connectivity index (χ3v) is 5.50. The second-order valence-corrected chi connectivity index (χ2v) is 8.70. The highest BCUT2D eigenvalue weighted by atomic mass is 19.1. The van der Waals surface area contributed by atoms with Gasteiger partial charge in [-0.3, -0.25) is 4.79 Å². The number of benzene rings is 2. The van der Waals surface area contributed by atoms with Crippen LogP contribution in [0.4, 0.5) is 8.78 Å². The molecule has 1 aliphatic rings. The lowest BCUT2D eigenvalue weighted by molar-refractivity contribution is -0.134. The van der Waals surface area contributed by atoms with E-state index >= 15 is 0 Å². The number of halogens is 2. The van der Waals surface area contributed by atoms with Crippen molar-refractivity contribution in [1.29, 1.82) is 0 Å². The van der Waals surface area contributed by atoms with E-state index in [2.05, 4.69) is 19.2 Å². The van der Waals surface area contributed by atoms with Crippen LogP contribution in [0.3, 0.4) is 0 Å². The highest BCUT2D eigenvalue weighted by molar-refractivity contribution is 5.76. The van der Waals surface area contributed by atoms with Crippen LogP contribution >= 0.6 is 0 Å². The summed E-state index contributed by atoms with van der Waals surface area (Å²) in [5, 5.41) is 3.03. The van der Waals surface area contributed by atoms with Gasteiger partial charge in [0, 0.05) is 32.0 Å². The number of alkyl halides is 1. The minimum absolute atomic E-state index is 0.0843. The molecule has 0 unspecified atom stereocenters. The van der Waals surface area contributed by atoms with Gasteiger partial charge in [-0.05, 0) is 54.3 Å². The summed E-state index contributed by atoms with van der Waals surface area (Å²) in [6.45, 7) is 6.63. The molecule has 6 heteroatoms. The fourth-order valence-corrected chi connectivity index (χ4v) is 3.68. The van der Waals surface area contributed by atoms with Crippen LogP contribution in [0.5, 0.6) is 5.75 Å². The standard InChI is InChI=1S/C25H32F2N2O2/c1-18(2)17-31-23-9-5-20(6-10-23)16-29(15-19-3-7-22(26)8-4-19)25(30)13-21-11-12-28-14-24(21)27/h3-10,18,21,24,28H,11-17H2,1-2H3/t21-,24-/m0/s1. The Morgan fingerprint density at radius 3 is 2.29 bits per heavy atom. The molecule has 4 nitrogen and oxygen atoms in total. The molecule has 2 atom stereocenters. The Hall–Kier alpha value is -2.47. The summed E-state index contributed by atoms with van der Waals surface area (Å²) in [4.78, 5) is 14.8. The number of nitrogens with one attached hydrogen (secondary N) is 1. The minimum Gasteiger partial charge on any atom is -0.493 e. The molecule has 1 saturated heterocycles. The lowest BCUT2D eigenvalue weighted by Gasteiger charge is -2.29. The molecule has 0 spiro atoms. The van der Waals surface area contributed by atoms with Crippen LogP contribution in [-0.4, -0.2) is 36.7 Å². The highest BCUT2D eigenvalue weighted by Gasteiger charge is 2.28. The zero-order chi connectivity index (χ0) is 22.2. The molecule has 1 amide bonds. The Labute approximate surface area is 183 Å². The highest BCUT2D eigenvalue weighted by Crippen LogP contribution is 2.23. The maximum Gasteiger partial charge on any atom is 0.223 e. The predicted octanol–water partition coefficient (Wildman–Crippen LogP) is 4.73. The van der Waals surface area contributed by atoms with Crippen LogP contribution in [-0.2, 0) is 17.9 Å². The fraction of sp³-hybridized carbons (Fsp3) is 0.480. The van der Waals surface area contributed by atoms with Gasteiger partial charge in [-0.1, -0.05) is 38.1 Å². The molecule has 0 bridgehead atoms. The van der Waals surface area contributed by atoms with Gasteiger partial charge in [-0.2, -0.15) is 0 Å². The van der Waals surface area contributed by atoms with Crippen molar-refractivity contribution >= 4 is 5.91 Å². The predicted molar refractivity (Wildman–Crippen MR) is 118 cm³/mol. The van der Waals surface area contributed by atoms with Gasteiger partial charge in [0.15, 0.2) is 0 Å². The first-order valence-electron chi connectivity index (χ1n) is 11.0. The fourth-order valence-electron chi connectivity index (χ4n) is 3.68. The van der Waals surface area contributed by atoms with E-state index in [-0.39, 0.29) is 24.1 Å². The first-order chi connectivity index (χ1) is 14.9. The molecular weight excluding hydrogens is 398 g/mol. The van der Waals surface area contributed by atoms with Crippen LogP contribution in [0.1, 0.15) is 37.8 Å². The quantitative estimate of drug-likeness (QED) is 0.626. The number of piperidine rings is 1. The van der Waals surface area contributed by atoms with Crippen molar-refractivity contribution in [2.24, 2.45) is 11.8 Å². The third-order valence-electron chi connectivity index (χ3n) is 5.50. The number of rotatable bonds is 9. The summed E-state index contributed by atoms with van der Waals surface area (Å²) in [7, 11) is 0. The summed E-state index contributed by atoms with van der Waals surface area (Å²) < 4.78 is 33.3. The van der Waals surface area contributed by atoms with E-state index in [0.717, 1.165) is 23.4 Å². The number of ether oxygens (including phenoxy) is 1. The van der Waals surface area contributed by atoms with Crippen molar-refractivity contribution in [3.63, 3.8) is 0 Å². The van der Waals surface area contributed by atoms with Crippen molar-refractivity contribution in [2.75, 3.05) is 19.7 Å². The average Bonchev–Trinajstić information content (AvgIpc) is 2.76. The van der Waals surface area contributed by atoms with Crippen LogP contribution in [0, 0.1) is 17.7 Å². The molecule has 0 radical (unpaired) electrons. The van der Waals surface area contributed by atoms with E-state index in [4.69, 9.17) is 4.74 Å². The maximum absolute atomic E-state index is 14.3. The van der Waals surface area contributed by atoms with E-state index in [0.29, 0.717) is 38.6 Å². The molecule has 1 fully saturated rings. The molecule has 2 aromatic rings. The summed E-state index contributed by atoms with van der Waals surface area (Å²) in [5.41, 5.74) is 1.81. The number of carbonyl (C=O) groups excluding carboxylic acids is 1. The Kier molecular flexibility index (Phi) is 8.41.